The third-order valence-corrected chi connectivity index (χ3v) is 5.69. The summed E-state index contributed by atoms with van der Waals surface area (Å²) in [6.45, 7) is 11.8. The Bertz CT molecular complexity index is 979. The predicted octanol–water partition coefficient (Wildman–Crippen LogP) is 2.32. The molecule has 0 aromatic carbocycles. The quantitative estimate of drug-likeness (QED) is 0.629. The molecule has 1 saturated heterocycles. The second-order valence-corrected chi connectivity index (χ2v) is 7.91. The van der Waals surface area contributed by atoms with E-state index >= 15 is 0 Å². The zero-order valence-corrected chi connectivity index (χ0v) is 18.2. The molecule has 0 bridgehead atoms. The first-order valence-electron chi connectivity index (χ1n) is 10.5. The maximum atomic E-state index is 12.6. The Labute approximate surface area is 183 Å². The standard InChI is InChI=1S/C24H28N4O3/c1-4-22-20(16-31-24(22)30)13-17(2)7-8-27-9-11-28(12-10-27)23(29)14-21-6-5-19(15-25)18(3)26-21/h4-6,13H,1,7-12,14,16H2,2-3H3. The highest BCUT2D eigenvalue weighted by Crippen LogP contribution is 2.20. The summed E-state index contributed by atoms with van der Waals surface area (Å²) in [7, 11) is 0. The molecule has 3 heterocycles. The fourth-order valence-electron chi connectivity index (χ4n) is 3.79. The highest BCUT2D eigenvalue weighted by molar-refractivity contribution is 5.95. The van der Waals surface area contributed by atoms with Crippen LogP contribution in [0.4, 0.5) is 0 Å². The normalized spacial score (nSPS) is 17.5. The van der Waals surface area contributed by atoms with Crippen LogP contribution in [0.3, 0.4) is 0 Å². The van der Waals surface area contributed by atoms with Gasteiger partial charge in [-0.15, -0.1) is 0 Å². The third-order valence-electron chi connectivity index (χ3n) is 5.69. The van der Waals surface area contributed by atoms with Crippen LogP contribution in [-0.2, 0) is 20.7 Å². The molecule has 1 fully saturated rings. The average Bonchev–Trinajstić information content (AvgIpc) is 3.11. The van der Waals surface area contributed by atoms with Gasteiger partial charge in [-0.3, -0.25) is 14.7 Å². The number of hydrogen-bond acceptors (Lipinski definition) is 6. The molecule has 1 aromatic rings. The Morgan fingerprint density at radius 3 is 2.71 bits per heavy atom. The molecule has 0 radical (unpaired) electrons. The number of ether oxygens (including phenoxy) is 1. The van der Waals surface area contributed by atoms with E-state index in [2.05, 4.69) is 29.5 Å². The van der Waals surface area contributed by atoms with Gasteiger partial charge in [0.05, 0.1) is 28.9 Å². The molecule has 0 N–H and O–H groups in total. The average molecular weight is 421 g/mol. The van der Waals surface area contributed by atoms with Gasteiger partial charge < -0.3 is 9.64 Å². The van der Waals surface area contributed by atoms with Gasteiger partial charge in [-0.05, 0) is 32.4 Å². The van der Waals surface area contributed by atoms with Crippen molar-refractivity contribution in [3.63, 3.8) is 0 Å². The number of hydrogen-bond donors (Lipinski definition) is 0. The smallest absolute Gasteiger partial charge is 0.338 e. The first kappa shape index (κ1) is 22.4. The number of aryl methyl sites for hydroxylation is 1. The lowest BCUT2D eigenvalue weighted by atomic mass is 10.1. The number of nitriles is 1. The fourth-order valence-corrected chi connectivity index (χ4v) is 3.79. The van der Waals surface area contributed by atoms with Crippen molar-refractivity contribution in [2.45, 2.75) is 26.7 Å². The Kier molecular flexibility index (Phi) is 7.37. The van der Waals surface area contributed by atoms with E-state index in [0.717, 1.165) is 31.6 Å². The summed E-state index contributed by atoms with van der Waals surface area (Å²) in [6.07, 6.45) is 4.73. The van der Waals surface area contributed by atoms with Crippen LogP contribution in [0.15, 0.2) is 47.6 Å². The zero-order chi connectivity index (χ0) is 22.4. The largest absolute Gasteiger partial charge is 0.457 e. The number of pyridine rings is 1. The second-order valence-electron chi connectivity index (χ2n) is 7.91. The van der Waals surface area contributed by atoms with Crippen molar-refractivity contribution >= 4 is 11.9 Å². The van der Waals surface area contributed by atoms with Gasteiger partial charge in [-0.25, -0.2) is 4.79 Å². The highest BCUT2D eigenvalue weighted by atomic mass is 16.5. The monoisotopic (exact) mass is 420 g/mol. The first-order chi connectivity index (χ1) is 14.9. The number of esters is 1. The molecule has 1 amide bonds. The molecular weight excluding hydrogens is 392 g/mol. The maximum absolute atomic E-state index is 12.6. The van der Waals surface area contributed by atoms with E-state index < -0.39 is 0 Å². The number of cyclic esters (lactones) is 1. The molecule has 0 unspecified atom stereocenters. The van der Waals surface area contributed by atoms with Crippen LogP contribution in [0.5, 0.6) is 0 Å². The Balaban J connectivity index is 1.46. The number of amides is 1. The molecular formula is C24H28N4O3. The van der Waals surface area contributed by atoms with Crippen molar-refractivity contribution < 1.29 is 14.3 Å². The minimum atomic E-state index is -0.304. The van der Waals surface area contributed by atoms with E-state index in [9.17, 15) is 9.59 Å². The minimum Gasteiger partial charge on any atom is -0.457 e. The van der Waals surface area contributed by atoms with Crippen molar-refractivity contribution in [3.8, 4) is 6.07 Å². The van der Waals surface area contributed by atoms with Gasteiger partial charge in [-0.2, -0.15) is 5.26 Å². The molecule has 3 rings (SSSR count). The number of carbonyl (C=O) groups is 2. The molecule has 1 aromatic heterocycles. The van der Waals surface area contributed by atoms with Crippen molar-refractivity contribution in [3.05, 3.63) is 64.5 Å². The summed E-state index contributed by atoms with van der Waals surface area (Å²) >= 11 is 0. The molecule has 7 heteroatoms. The topological polar surface area (TPSA) is 86.5 Å². The van der Waals surface area contributed by atoms with E-state index in [1.165, 1.54) is 5.57 Å². The van der Waals surface area contributed by atoms with Crippen molar-refractivity contribution in [1.82, 2.24) is 14.8 Å². The Hall–Kier alpha value is -3.24. The van der Waals surface area contributed by atoms with Gasteiger partial charge in [-0.1, -0.05) is 24.3 Å². The molecule has 0 atom stereocenters. The molecule has 2 aliphatic heterocycles. The molecule has 0 spiro atoms. The first-order valence-corrected chi connectivity index (χ1v) is 10.5. The summed E-state index contributed by atoms with van der Waals surface area (Å²) < 4.78 is 5.06. The van der Waals surface area contributed by atoms with Gasteiger partial charge in [0.2, 0.25) is 5.91 Å². The third kappa shape index (κ3) is 5.68. The lowest BCUT2D eigenvalue weighted by Gasteiger charge is -2.34. The van der Waals surface area contributed by atoms with Crippen molar-refractivity contribution in [1.29, 1.82) is 5.26 Å². The molecule has 2 aliphatic rings. The number of aromatic nitrogens is 1. The van der Waals surface area contributed by atoms with Crippen LogP contribution in [0.25, 0.3) is 0 Å². The van der Waals surface area contributed by atoms with E-state index in [1.54, 1.807) is 25.1 Å². The maximum Gasteiger partial charge on any atom is 0.338 e. The summed E-state index contributed by atoms with van der Waals surface area (Å²) in [5.41, 5.74) is 4.53. The lowest BCUT2D eigenvalue weighted by molar-refractivity contribution is -0.135. The highest BCUT2D eigenvalue weighted by Gasteiger charge is 2.22. The van der Waals surface area contributed by atoms with Crippen LogP contribution >= 0.6 is 0 Å². The molecule has 7 nitrogen and oxygen atoms in total. The molecule has 0 aliphatic carbocycles. The SMILES string of the molecule is C=CC1=C(C=C(C)CCN2CCN(C(=O)Cc3ccc(C#N)c(C)n3)CC2)COC1=O. The van der Waals surface area contributed by atoms with E-state index in [4.69, 9.17) is 10.00 Å². The molecule has 162 valence electrons. The van der Waals surface area contributed by atoms with E-state index in [-0.39, 0.29) is 18.3 Å². The predicted molar refractivity (Wildman–Crippen MR) is 117 cm³/mol. The van der Waals surface area contributed by atoms with Crippen LogP contribution in [0.1, 0.15) is 30.3 Å². The number of rotatable bonds is 7. The number of piperazine rings is 1. The lowest BCUT2D eigenvalue weighted by Crippen LogP contribution is -2.49. The fraction of sp³-hybridized carbons (Fsp3) is 0.417. The molecule has 0 saturated carbocycles. The zero-order valence-electron chi connectivity index (χ0n) is 18.2. The second kappa shape index (κ2) is 10.2. The van der Waals surface area contributed by atoms with Gasteiger partial charge in [0.1, 0.15) is 12.7 Å². The van der Waals surface area contributed by atoms with Gasteiger partial charge >= 0.3 is 5.97 Å². The Morgan fingerprint density at radius 1 is 1.32 bits per heavy atom. The van der Waals surface area contributed by atoms with Gasteiger partial charge in [0, 0.05) is 38.3 Å². The number of nitrogens with zero attached hydrogens (tertiary/aromatic N) is 4. The van der Waals surface area contributed by atoms with Crippen LogP contribution < -0.4 is 0 Å². The number of carbonyl (C=O) groups excluding carboxylic acids is 2. The minimum absolute atomic E-state index is 0.0714. The van der Waals surface area contributed by atoms with Crippen LogP contribution in [0, 0.1) is 18.3 Å². The van der Waals surface area contributed by atoms with E-state index in [0.29, 0.717) is 42.2 Å². The van der Waals surface area contributed by atoms with E-state index in [1.807, 2.05) is 11.0 Å². The Morgan fingerprint density at radius 2 is 2.06 bits per heavy atom. The molecule has 31 heavy (non-hydrogen) atoms. The summed E-state index contributed by atoms with van der Waals surface area (Å²) in [6, 6.07) is 5.57. The van der Waals surface area contributed by atoms with Crippen LogP contribution in [0.2, 0.25) is 0 Å². The summed E-state index contributed by atoms with van der Waals surface area (Å²) in [5, 5.41) is 9.00. The van der Waals surface area contributed by atoms with Crippen molar-refractivity contribution in [2.75, 3.05) is 39.3 Å². The van der Waals surface area contributed by atoms with Gasteiger partial charge in [0.15, 0.2) is 0 Å². The van der Waals surface area contributed by atoms with Gasteiger partial charge in [0.25, 0.3) is 0 Å². The van der Waals surface area contributed by atoms with Crippen LogP contribution in [-0.4, -0.2) is 66.0 Å². The van der Waals surface area contributed by atoms with Crippen molar-refractivity contribution in [2.24, 2.45) is 0 Å². The summed E-state index contributed by atoms with van der Waals surface area (Å²) in [5.74, 6) is -0.233. The summed E-state index contributed by atoms with van der Waals surface area (Å²) in [4.78, 5) is 32.8.